The van der Waals surface area contributed by atoms with Crippen LogP contribution in [-0.2, 0) is 4.79 Å². The third-order valence-corrected chi connectivity index (χ3v) is 1.47. The molecule has 0 rings (SSSR count). The number of halogens is 10. The van der Waals surface area contributed by atoms with Crippen LogP contribution in [0.4, 0.5) is 43.9 Å². The van der Waals surface area contributed by atoms with Gasteiger partial charge in [-0.05, 0) is 0 Å². The molecule has 0 heterocycles. The summed E-state index contributed by atoms with van der Waals surface area (Å²) in [7, 11) is 0. The van der Waals surface area contributed by atoms with Gasteiger partial charge in [-0.1, -0.05) is 4.90 Å². The lowest BCUT2D eigenvalue weighted by atomic mass is 10.2. The molecule has 0 fully saturated rings. The van der Waals surface area contributed by atoms with Crippen molar-refractivity contribution in [2.45, 2.75) is 24.6 Å². The van der Waals surface area contributed by atoms with E-state index in [4.69, 9.17) is 5.11 Å². The van der Waals surface area contributed by atoms with E-state index in [2.05, 4.69) is 0 Å². The molecule has 3 nitrogen and oxygen atoms in total. The molecule has 108 valence electrons. The Kier molecular flexibility index (Phi) is 3.84. The Balaban J connectivity index is 6.09. The molecular formula is C5HF10NO2. The highest BCUT2D eigenvalue weighted by molar-refractivity contribution is 5.78. The lowest BCUT2D eigenvalue weighted by Crippen LogP contribution is -2.69. The Morgan fingerprint density at radius 1 is 0.778 bits per heavy atom. The lowest BCUT2D eigenvalue weighted by molar-refractivity contribution is -0.446. The zero-order valence-corrected chi connectivity index (χ0v) is 7.58. The standard InChI is InChI=1S/C5HF10NO2/c6-2(1(17)18,3(7,8)9)16(4(10,11)12)5(13,14)15/h(H,17,18). The molecule has 0 saturated carbocycles. The number of alkyl halides is 10. The summed E-state index contributed by atoms with van der Waals surface area (Å²) in [6.07, 6.45) is -20.9. The molecule has 18 heavy (non-hydrogen) atoms. The molecule has 0 aromatic rings. The lowest BCUT2D eigenvalue weighted by Gasteiger charge is -2.36. The summed E-state index contributed by atoms with van der Waals surface area (Å²) in [4.78, 5) is 6.19. The molecule has 13 heteroatoms. The number of carboxylic acid groups (broad SMARTS) is 1. The van der Waals surface area contributed by atoms with Crippen LogP contribution in [0.1, 0.15) is 0 Å². The van der Waals surface area contributed by atoms with Gasteiger partial charge in [0.05, 0.1) is 0 Å². The van der Waals surface area contributed by atoms with Crippen LogP contribution < -0.4 is 0 Å². The summed E-state index contributed by atoms with van der Waals surface area (Å²) < 4.78 is 119. The number of hydrogen-bond donors (Lipinski definition) is 1. The molecule has 1 N–H and O–H groups in total. The van der Waals surface area contributed by atoms with E-state index in [0.29, 0.717) is 0 Å². The first kappa shape index (κ1) is 16.7. The fourth-order valence-corrected chi connectivity index (χ4v) is 0.837. The summed E-state index contributed by atoms with van der Waals surface area (Å²) in [6, 6.07) is 0. The minimum atomic E-state index is -6.97. The number of carboxylic acids is 1. The molecule has 1 atom stereocenters. The van der Waals surface area contributed by atoms with Crippen molar-refractivity contribution in [3.63, 3.8) is 0 Å². The SMILES string of the molecule is O=C(O)C(F)(N(C(F)(F)F)C(F)(F)F)C(F)(F)F. The molecule has 0 radical (unpaired) electrons. The van der Waals surface area contributed by atoms with Crippen molar-refractivity contribution < 1.29 is 53.8 Å². The van der Waals surface area contributed by atoms with Gasteiger partial charge in [-0.3, -0.25) is 0 Å². The quantitative estimate of drug-likeness (QED) is 0.629. The summed E-state index contributed by atoms with van der Waals surface area (Å²) >= 11 is 0. The summed E-state index contributed by atoms with van der Waals surface area (Å²) in [5, 5.41) is 7.73. The number of rotatable bonds is 2. The van der Waals surface area contributed by atoms with Gasteiger partial charge >= 0.3 is 30.5 Å². The van der Waals surface area contributed by atoms with E-state index in [1.165, 1.54) is 0 Å². The molecule has 0 aliphatic heterocycles. The molecule has 1 unspecified atom stereocenters. The smallest absolute Gasteiger partial charge is 0.470 e. The zero-order valence-electron chi connectivity index (χ0n) is 7.58. The topological polar surface area (TPSA) is 40.5 Å². The number of nitrogens with zero attached hydrogens (tertiary/aromatic N) is 1. The minimum Gasteiger partial charge on any atom is -0.478 e. The fraction of sp³-hybridized carbons (Fsp3) is 0.800. The van der Waals surface area contributed by atoms with Gasteiger partial charge in [0.1, 0.15) is 0 Å². The highest BCUT2D eigenvalue weighted by atomic mass is 19.4. The second-order valence-corrected chi connectivity index (χ2v) is 2.70. The predicted octanol–water partition coefficient (Wildman–Crippen LogP) is 2.64. The molecule has 0 amide bonds. The average molecular weight is 297 g/mol. The number of aliphatic carboxylic acids is 1. The van der Waals surface area contributed by atoms with Crippen LogP contribution in [0.5, 0.6) is 0 Å². The van der Waals surface area contributed by atoms with Gasteiger partial charge in [-0.2, -0.15) is 39.5 Å². The maximum atomic E-state index is 12.8. The first-order chi connectivity index (χ1) is 7.56. The van der Waals surface area contributed by atoms with Crippen molar-refractivity contribution >= 4 is 5.97 Å². The maximum absolute atomic E-state index is 12.8. The minimum absolute atomic E-state index is 3.67. The Bertz CT molecular complexity index is 315. The van der Waals surface area contributed by atoms with Crippen LogP contribution in [0.2, 0.25) is 0 Å². The second-order valence-electron chi connectivity index (χ2n) is 2.70. The monoisotopic (exact) mass is 297 g/mol. The van der Waals surface area contributed by atoms with Crippen molar-refractivity contribution in [3.8, 4) is 0 Å². The fourth-order valence-electron chi connectivity index (χ4n) is 0.837. The summed E-state index contributed by atoms with van der Waals surface area (Å²) in [5.41, 5.74) is 0. The van der Waals surface area contributed by atoms with Gasteiger partial charge in [0.25, 0.3) is 0 Å². The third-order valence-electron chi connectivity index (χ3n) is 1.47. The molecule has 0 bridgehead atoms. The van der Waals surface area contributed by atoms with Gasteiger partial charge < -0.3 is 5.11 Å². The van der Waals surface area contributed by atoms with Crippen LogP contribution in [0.15, 0.2) is 0 Å². The first-order valence-electron chi connectivity index (χ1n) is 3.49. The van der Waals surface area contributed by atoms with E-state index in [0.717, 1.165) is 0 Å². The Hall–Kier alpha value is -1.27. The van der Waals surface area contributed by atoms with Gasteiger partial charge in [-0.15, -0.1) is 0 Å². The van der Waals surface area contributed by atoms with Gasteiger partial charge in [-0.25, -0.2) is 9.18 Å². The molecule has 0 aromatic heterocycles. The molecule has 0 aliphatic carbocycles. The van der Waals surface area contributed by atoms with Crippen molar-refractivity contribution in [1.82, 2.24) is 4.90 Å². The molecular weight excluding hydrogens is 296 g/mol. The van der Waals surface area contributed by atoms with E-state index < -0.39 is 35.4 Å². The Labute approximate surface area is 90.6 Å². The molecule has 0 aliphatic rings. The van der Waals surface area contributed by atoms with Crippen LogP contribution >= 0.6 is 0 Å². The number of hydrogen-bond acceptors (Lipinski definition) is 2. The van der Waals surface area contributed by atoms with Gasteiger partial charge in [0, 0.05) is 0 Å². The van der Waals surface area contributed by atoms with E-state index in [9.17, 15) is 48.7 Å². The van der Waals surface area contributed by atoms with E-state index in [1.54, 1.807) is 0 Å². The summed E-state index contributed by atoms with van der Waals surface area (Å²) in [6.45, 7) is 0. The predicted molar refractivity (Wildman–Crippen MR) is 31.5 cm³/mol. The first-order valence-corrected chi connectivity index (χ1v) is 3.49. The third kappa shape index (κ3) is 2.76. The Morgan fingerprint density at radius 3 is 1.11 bits per heavy atom. The van der Waals surface area contributed by atoms with Gasteiger partial charge in [0.15, 0.2) is 0 Å². The zero-order chi connectivity index (χ0) is 15.2. The maximum Gasteiger partial charge on any atom is 0.470 e. The van der Waals surface area contributed by atoms with Crippen LogP contribution in [0.3, 0.4) is 0 Å². The highest BCUT2D eigenvalue weighted by Gasteiger charge is 2.78. The van der Waals surface area contributed by atoms with Gasteiger partial charge in [0.2, 0.25) is 0 Å². The second kappa shape index (κ2) is 4.13. The molecule has 0 aromatic carbocycles. The van der Waals surface area contributed by atoms with E-state index in [-0.39, 0.29) is 0 Å². The Morgan fingerprint density at radius 2 is 1.06 bits per heavy atom. The van der Waals surface area contributed by atoms with Crippen LogP contribution in [0, 0.1) is 0 Å². The van der Waals surface area contributed by atoms with Crippen molar-refractivity contribution in [2.75, 3.05) is 0 Å². The van der Waals surface area contributed by atoms with Crippen LogP contribution in [-0.4, -0.2) is 40.5 Å². The van der Waals surface area contributed by atoms with Crippen molar-refractivity contribution in [3.05, 3.63) is 0 Å². The van der Waals surface area contributed by atoms with E-state index >= 15 is 0 Å². The summed E-state index contributed by atoms with van der Waals surface area (Å²) in [5.74, 6) is -10.7. The van der Waals surface area contributed by atoms with Crippen LogP contribution in [0.25, 0.3) is 0 Å². The largest absolute Gasteiger partial charge is 0.478 e. The normalized spacial score (nSPS) is 17.7. The van der Waals surface area contributed by atoms with Crippen molar-refractivity contribution in [2.24, 2.45) is 0 Å². The number of carbonyl (C=O) groups is 1. The molecule has 0 spiro atoms. The highest BCUT2D eigenvalue weighted by Crippen LogP contribution is 2.48. The average Bonchev–Trinajstić information content (AvgIpc) is 1.94. The molecule has 0 saturated heterocycles. The van der Waals surface area contributed by atoms with Crippen molar-refractivity contribution in [1.29, 1.82) is 0 Å². The van der Waals surface area contributed by atoms with E-state index in [1.807, 2.05) is 0 Å².